The Bertz CT molecular complexity index is 972. The fourth-order valence-corrected chi connectivity index (χ4v) is 3.24. The van der Waals surface area contributed by atoms with Crippen molar-refractivity contribution in [1.29, 1.82) is 0 Å². The number of allylic oxidation sites excluding steroid dienone is 2. The van der Waals surface area contributed by atoms with Gasteiger partial charge in [-0.05, 0) is 31.0 Å². The van der Waals surface area contributed by atoms with E-state index in [1.165, 1.54) is 25.3 Å². The SMILES string of the molecule is CC(=O)c1ncc2n1C(C)CC(=C(N)C(F)(F)F)C2=NCc1ccc(O)cc1. The topological polar surface area (TPSA) is 93.5 Å². The average molecular weight is 392 g/mol. The van der Waals surface area contributed by atoms with Crippen LogP contribution in [-0.4, -0.2) is 32.3 Å². The Labute approximate surface area is 159 Å². The largest absolute Gasteiger partial charge is 0.508 e. The molecule has 0 saturated carbocycles. The monoisotopic (exact) mass is 392 g/mol. The molecule has 1 unspecified atom stereocenters. The van der Waals surface area contributed by atoms with Crippen molar-refractivity contribution >= 4 is 11.5 Å². The second-order valence-corrected chi connectivity index (χ2v) is 6.67. The number of phenols is 1. The lowest BCUT2D eigenvalue weighted by Crippen LogP contribution is -2.31. The number of nitrogens with zero attached hydrogens (tertiary/aromatic N) is 3. The summed E-state index contributed by atoms with van der Waals surface area (Å²) in [6.45, 7) is 3.14. The van der Waals surface area contributed by atoms with Crippen LogP contribution in [0.2, 0.25) is 0 Å². The molecule has 0 saturated heterocycles. The van der Waals surface area contributed by atoms with Gasteiger partial charge in [0.2, 0.25) is 0 Å². The Balaban J connectivity index is 2.15. The van der Waals surface area contributed by atoms with Crippen LogP contribution in [0.15, 0.2) is 46.7 Å². The highest BCUT2D eigenvalue weighted by Crippen LogP contribution is 2.36. The molecule has 0 bridgehead atoms. The van der Waals surface area contributed by atoms with Crippen LogP contribution < -0.4 is 5.73 Å². The molecule has 0 spiro atoms. The number of phenolic OH excluding ortho intramolecular Hbond substituents is 1. The summed E-state index contributed by atoms with van der Waals surface area (Å²) in [7, 11) is 0. The predicted octanol–water partition coefficient (Wildman–Crippen LogP) is 3.52. The summed E-state index contributed by atoms with van der Waals surface area (Å²) in [6.07, 6.45) is -3.37. The lowest BCUT2D eigenvalue weighted by atomic mass is 9.93. The van der Waals surface area contributed by atoms with Crippen LogP contribution in [-0.2, 0) is 6.54 Å². The number of carbonyl (C=O) groups is 1. The normalized spacial score (nSPS) is 20.2. The lowest BCUT2D eigenvalue weighted by Gasteiger charge is -2.29. The number of halogens is 3. The quantitative estimate of drug-likeness (QED) is 0.782. The van der Waals surface area contributed by atoms with Gasteiger partial charge in [-0.3, -0.25) is 9.79 Å². The molecule has 28 heavy (non-hydrogen) atoms. The number of alkyl halides is 3. The minimum Gasteiger partial charge on any atom is -0.508 e. The first-order chi connectivity index (χ1) is 13.1. The summed E-state index contributed by atoms with van der Waals surface area (Å²) in [5.41, 5.74) is 5.23. The van der Waals surface area contributed by atoms with E-state index in [2.05, 4.69) is 9.98 Å². The van der Waals surface area contributed by atoms with E-state index in [0.717, 1.165) is 0 Å². The van der Waals surface area contributed by atoms with Crippen molar-refractivity contribution in [3.8, 4) is 5.75 Å². The standard InChI is InChI=1S/C19H19F3N4O2/c1-10-7-14(17(23)19(20,21)22)16(15-9-25-18(11(2)27)26(10)15)24-8-12-3-5-13(28)6-4-12/h3-6,9-10,28H,7-8,23H2,1-2H3. The van der Waals surface area contributed by atoms with Crippen molar-refractivity contribution < 1.29 is 23.1 Å². The van der Waals surface area contributed by atoms with Gasteiger partial charge in [0.1, 0.15) is 11.4 Å². The summed E-state index contributed by atoms with van der Waals surface area (Å²) >= 11 is 0. The van der Waals surface area contributed by atoms with Gasteiger partial charge >= 0.3 is 6.18 Å². The maximum Gasteiger partial charge on any atom is 0.431 e. The first-order valence-corrected chi connectivity index (χ1v) is 8.56. The Hall–Kier alpha value is -3.10. The fourth-order valence-electron chi connectivity index (χ4n) is 3.24. The van der Waals surface area contributed by atoms with Gasteiger partial charge in [0.05, 0.1) is 24.1 Å². The lowest BCUT2D eigenvalue weighted by molar-refractivity contribution is -0.0934. The number of aromatic hydroxyl groups is 1. The van der Waals surface area contributed by atoms with E-state index < -0.39 is 17.9 Å². The van der Waals surface area contributed by atoms with Crippen molar-refractivity contribution in [3.63, 3.8) is 0 Å². The third-order valence-corrected chi connectivity index (χ3v) is 4.57. The molecular weight excluding hydrogens is 373 g/mol. The number of imidazole rings is 1. The Kier molecular flexibility index (Phi) is 5.01. The van der Waals surface area contributed by atoms with Gasteiger partial charge in [-0.1, -0.05) is 12.1 Å². The van der Waals surface area contributed by atoms with Crippen LogP contribution in [0.25, 0.3) is 0 Å². The number of hydrogen-bond acceptors (Lipinski definition) is 5. The molecule has 1 aromatic heterocycles. The zero-order valence-electron chi connectivity index (χ0n) is 15.3. The number of aromatic nitrogens is 2. The Morgan fingerprint density at radius 1 is 1.36 bits per heavy atom. The van der Waals surface area contributed by atoms with Gasteiger partial charge < -0.3 is 15.4 Å². The molecule has 0 amide bonds. The van der Waals surface area contributed by atoms with Gasteiger partial charge in [-0.2, -0.15) is 13.2 Å². The van der Waals surface area contributed by atoms with Crippen molar-refractivity contribution in [2.45, 2.75) is 39.0 Å². The fraction of sp³-hybridized carbons (Fsp3) is 0.316. The summed E-state index contributed by atoms with van der Waals surface area (Å²) in [4.78, 5) is 20.3. The van der Waals surface area contributed by atoms with Crippen molar-refractivity contribution in [1.82, 2.24) is 9.55 Å². The molecule has 9 heteroatoms. The maximum atomic E-state index is 13.3. The number of fused-ring (bicyclic) bond motifs is 1. The predicted molar refractivity (Wildman–Crippen MR) is 97.2 cm³/mol. The zero-order chi connectivity index (χ0) is 20.6. The van der Waals surface area contributed by atoms with Crippen LogP contribution in [0.3, 0.4) is 0 Å². The molecule has 3 N–H and O–H groups in total. The average Bonchev–Trinajstić information content (AvgIpc) is 3.07. The van der Waals surface area contributed by atoms with Gasteiger partial charge in [-0.15, -0.1) is 0 Å². The van der Waals surface area contributed by atoms with Crippen molar-refractivity contribution in [2.24, 2.45) is 10.7 Å². The molecule has 1 aromatic carbocycles. The van der Waals surface area contributed by atoms with Crippen LogP contribution in [0.4, 0.5) is 13.2 Å². The number of hydrogen-bond donors (Lipinski definition) is 2. The van der Waals surface area contributed by atoms with Gasteiger partial charge in [0.25, 0.3) is 0 Å². The molecule has 2 heterocycles. The maximum absolute atomic E-state index is 13.3. The molecule has 3 rings (SSSR count). The van der Waals surface area contributed by atoms with E-state index in [-0.39, 0.29) is 41.6 Å². The minimum atomic E-state index is -4.69. The molecule has 0 radical (unpaired) electrons. The zero-order valence-corrected chi connectivity index (χ0v) is 15.3. The number of rotatable bonds is 3. The first kappa shape index (κ1) is 19.7. The molecule has 0 aliphatic carbocycles. The van der Waals surface area contributed by atoms with E-state index in [1.54, 1.807) is 23.6 Å². The molecule has 2 aromatic rings. The summed E-state index contributed by atoms with van der Waals surface area (Å²) in [5, 5.41) is 9.36. The second kappa shape index (κ2) is 7.14. The highest BCUT2D eigenvalue weighted by atomic mass is 19.4. The van der Waals surface area contributed by atoms with Gasteiger partial charge in [0, 0.05) is 18.5 Å². The second-order valence-electron chi connectivity index (χ2n) is 6.67. The Morgan fingerprint density at radius 3 is 2.57 bits per heavy atom. The molecular formula is C19H19F3N4O2. The summed E-state index contributed by atoms with van der Waals surface area (Å²) in [5.74, 6) is -0.0364. The molecule has 1 aliphatic heterocycles. The number of Topliss-reactive ketones (excluding diaryl/α,β-unsaturated/α-hetero) is 1. The van der Waals surface area contributed by atoms with Crippen LogP contribution in [0.5, 0.6) is 5.75 Å². The van der Waals surface area contributed by atoms with Crippen LogP contribution in [0.1, 0.15) is 48.2 Å². The minimum absolute atomic E-state index is 0.0244. The smallest absolute Gasteiger partial charge is 0.431 e. The van der Waals surface area contributed by atoms with Gasteiger partial charge in [-0.25, -0.2) is 4.98 Å². The molecule has 1 aliphatic rings. The van der Waals surface area contributed by atoms with Crippen LogP contribution in [0, 0.1) is 0 Å². The third kappa shape index (κ3) is 3.64. The molecule has 1 atom stereocenters. The summed E-state index contributed by atoms with van der Waals surface area (Å²) < 4.78 is 41.5. The molecule has 0 fully saturated rings. The van der Waals surface area contributed by atoms with E-state index in [9.17, 15) is 23.1 Å². The van der Waals surface area contributed by atoms with E-state index in [4.69, 9.17) is 5.73 Å². The van der Waals surface area contributed by atoms with Crippen molar-refractivity contribution in [3.05, 3.63) is 58.8 Å². The number of nitrogens with two attached hydrogens (primary N) is 1. The number of ketones is 1. The van der Waals surface area contributed by atoms with E-state index in [1.807, 2.05) is 0 Å². The van der Waals surface area contributed by atoms with E-state index in [0.29, 0.717) is 11.3 Å². The Morgan fingerprint density at radius 2 is 2.00 bits per heavy atom. The highest BCUT2D eigenvalue weighted by molar-refractivity contribution is 6.13. The molecule has 6 nitrogen and oxygen atoms in total. The van der Waals surface area contributed by atoms with E-state index >= 15 is 0 Å². The highest BCUT2D eigenvalue weighted by Gasteiger charge is 2.39. The van der Waals surface area contributed by atoms with Gasteiger partial charge in [0.15, 0.2) is 11.6 Å². The third-order valence-electron chi connectivity index (χ3n) is 4.57. The molecule has 148 valence electrons. The first-order valence-electron chi connectivity index (χ1n) is 8.56. The number of carbonyl (C=O) groups excluding carboxylic acids is 1. The summed E-state index contributed by atoms with van der Waals surface area (Å²) in [6, 6.07) is 5.76. The number of benzene rings is 1. The van der Waals surface area contributed by atoms with Crippen molar-refractivity contribution in [2.75, 3.05) is 0 Å². The van der Waals surface area contributed by atoms with Crippen LogP contribution >= 0.6 is 0 Å². The number of aliphatic imine (C=N–C) groups is 1.